The highest BCUT2D eigenvalue weighted by molar-refractivity contribution is 5.64. The molecule has 0 atom stereocenters. The van der Waals surface area contributed by atoms with Gasteiger partial charge in [0.2, 0.25) is 0 Å². The van der Waals surface area contributed by atoms with E-state index in [-0.39, 0.29) is 0 Å². The number of hydrogen-bond donors (Lipinski definition) is 1. The van der Waals surface area contributed by atoms with E-state index in [4.69, 9.17) is 5.73 Å². The normalized spacial score (nSPS) is 10.7. The second kappa shape index (κ2) is 4.49. The molecule has 1 heterocycles. The lowest BCUT2D eigenvalue weighted by molar-refractivity contribution is 0.745. The van der Waals surface area contributed by atoms with E-state index in [1.165, 1.54) is 16.8 Å². The van der Waals surface area contributed by atoms with Crippen LogP contribution in [0, 0.1) is 6.92 Å². The predicted molar refractivity (Wildman–Crippen MR) is 66.1 cm³/mol. The summed E-state index contributed by atoms with van der Waals surface area (Å²) in [6, 6.07) is 10.3. The number of hydrogen-bond acceptors (Lipinski definition) is 2. The van der Waals surface area contributed by atoms with Crippen molar-refractivity contribution in [2.75, 3.05) is 6.54 Å². The molecule has 3 heteroatoms. The molecule has 16 heavy (non-hydrogen) atoms. The SMILES string of the molecule is Cc1c(CCN)nn(C)c1-c1ccccc1. The van der Waals surface area contributed by atoms with Gasteiger partial charge < -0.3 is 5.73 Å². The molecule has 0 radical (unpaired) electrons. The predicted octanol–water partition coefficient (Wildman–Crippen LogP) is 1.90. The lowest BCUT2D eigenvalue weighted by Gasteiger charge is -2.03. The second-order valence-corrected chi connectivity index (χ2v) is 3.95. The molecule has 0 spiro atoms. The van der Waals surface area contributed by atoms with E-state index in [0.29, 0.717) is 6.54 Å². The lowest BCUT2D eigenvalue weighted by atomic mass is 10.1. The second-order valence-electron chi connectivity index (χ2n) is 3.95. The Labute approximate surface area is 95.9 Å². The van der Waals surface area contributed by atoms with Crippen LogP contribution < -0.4 is 5.73 Å². The number of aryl methyl sites for hydroxylation is 1. The molecule has 0 aliphatic carbocycles. The van der Waals surface area contributed by atoms with Gasteiger partial charge in [-0.3, -0.25) is 4.68 Å². The van der Waals surface area contributed by atoms with Crippen molar-refractivity contribution >= 4 is 0 Å². The van der Waals surface area contributed by atoms with Crippen molar-refractivity contribution < 1.29 is 0 Å². The standard InChI is InChI=1S/C13H17N3/c1-10-12(8-9-14)15-16(2)13(10)11-6-4-3-5-7-11/h3-7H,8-9,14H2,1-2H3. The first kappa shape index (κ1) is 10.9. The van der Waals surface area contributed by atoms with Crippen molar-refractivity contribution in [1.29, 1.82) is 0 Å². The molecule has 0 saturated carbocycles. The zero-order chi connectivity index (χ0) is 11.5. The molecule has 0 bridgehead atoms. The van der Waals surface area contributed by atoms with E-state index in [2.05, 4.69) is 24.2 Å². The summed E-state index contributed by atoms with van der Waals surface area (Å²) < 4.78 is 1.94. The molecule has 1 aromatic carbocycles. The van der Waals surface area contributed by atoms with Crippen molar-refractivity contribution in [3.63, 3.8) is 0 Å². The molecule has 0 fully saturated rings. The van der Waals surface area contributed by atoms with Crippen molar-refractivity contribution in [1.82, 2.24) is 9.78 Å². The van der Waals surface area contributed by atoms with Crippen molar-refractivity contribution in [2.24, 2.45) is 12.8 Å². The van der Waals surface area contributed by atoms with Crippen molar-refractivity contribution in [3.05, 3.63) is 41.6 Å². The first-order valence-electron chi connectivity index (χ1n) is 5.52. The minimum absolute atomic E-state index is 0.645. The van der Waals surface area contributed by atoms with Gasteiger partial charge in [-0.15, -0.1) is 0 Å². The number of benzene rings is 1. The molecule has 3 nitrogen and oxygen atoms in total. The van der Waals surface area contributed by atoms with Crippen LogP contribution in [0.3, 0.4) is 0 Å². The van der Waals surface area contributed by atoms with Gasteiger partial charge in [0.25, 0.3) is 0 Å². The van der Waals surface area contributed by atoms with Crippen molar-refractivity contribution in [2.45, 2.75) is 13.3 Å². The van der Waals surface area contributed by atoms with Crippen LogP contribution in [-0.2, 0) is 13.5 Å². The molecule has 2 N–H and O–H groups in total. The maximum absolute atomic E-state index is 5.58. The van der Waals surface area contributed by atoms with Gasteiger partial charge in [-0.1, -0.05) is 30.3 Å². The molecule has 1 aromatic heterocycles. The first-order valence-corrected chi connectivity index (χ1v) is 5.52. The first-order chi connectivity index (χ1) is 7.74. The third-order valence-corrected chi connectivity index (χ3v) is 2.81. The molecule has 0 amide bonds. The number of aromatic nitrogens is 2. The number of nitrogens with zero attached hydrogens (tertiary/aromatic N) is 2. The van der Waals surface area contributed by atoms with Gasteiger partial charge >= 0.3 is 0 Å². The van der Waals surface area contributed by atoms with Crippen molar-refractivity contribution in [3.8, 4) is 11.3 Å². The van der Waals surface area contributed by atoms with Gasteiger partial charge in [0.1, 0.15) is 0 Å². The summed E-state index contributed by atoms with van der Waals surface area (Å²) in [5.41, 5.74) is 10.3. The lowest BCUT2D eigenvalue weighted by Crippen LogP contribution is -2.04. The van der Waals surface area contributed by atoms with Crippen LogP contribution in [0.4, 0.5) is 0 Å². The van der Waals surface area contributed by atoms with E-state index in [9.17, 15) is 0 Å². The van der Waals surface area contributed by atoms with Crippen LogP contribution in [0.1, 0.15) is 11.3 Å². The maximum Gasteiger partial charge on any atom is 0.0710 e. The maximum atomic E-state index is 5.58. The zero-order valence-corrected chi connectivity index (χ0v) is 9.77. The highest BCUT2D eigenvalue weighted by Crippen LogP contribution is 2.24. The highest BCUT2D eigenvalue weighted by atomic mass is 15.3. The highest BCUT2D eigenvalue weighted by Gasteiger charge is 2.12. The molecule has 2 aromatic rings. The summed E-state index contributed by atoms with van der Waals surface area (Å²) in [6.45, 7) is 2.76. The molecule has 0 unspecified atom stereocenters. The molecule has 0 saturated heterocycles. The molecule has 84 valence electrons. The largest absolute Gasteiger partial charge is 0.330 e. The monoisotopic (exact) mass is 215 g/mol. The average molecular weight is 215 g/mol. The Balaban J connectivity index is 2.49. The summed E-state index contributed by atoms with van der Waals surface area (Å²) in [5, 5.41) is 4.51. The van der Waals surface area contributed by atoms with Gasteiger partial charge in [-0.05, 0) is 19.0 Å². The zero-order valence-electron chi connectivity index (χ0n) is 9.77. The fourth-order valence-electron chi connectivity index (χ4n) is 2.06. The molecule has 2 rings (SSSR count). The summed E-state index contributed by atoms with van der Waals surface area (Å²) in [4.78, 5) is 0. The van der Waals surface area contributed by atoms with Gasteiger partial charge in [0.15, 0.2) is 0 Å². The number of nitrogens with two attached hydrogens (primary N) is 1. The van der Waals surface area contributed by atoms with Crippen LogP contribution in [0.15, 0.2) is 30.3 Å². The quantitative estimate of drug-likeness (QED) is 0.849. The van der Waals surface area contributed by atoms with Crippen LogP contribution in [0.25, 0.3) is 11.3 Å². The minimum Gasteiger partial charge on any atom is -0.330 e. The summed E-state index contributed by atoms with van der Waals surface area (Å²) in [5.74, 6) is 0. The molecular formula is C13H17N3. The van der Waals surface area contributed by atoms with E-state index in [1.54, 1.807) is 0 Å². The minimum atomic E-state index is 0.645. The van der Waals surface area contributed by atoms with Gasteiger partial charge in [-0.2, -0.15) is 5.10 Å². The Morgan fingerprint density at radius 3 is 2.56 bits per heavy atom. The third-order valence-electron chi connectivity index (χ3n) is 2.81. The van der Waals surface area contributed by atoms with Crippen LogP contribution in [0.5, 0.6) is 0 Å². The summed E-state index contributed by atoms with van der Waals surface area (Å²) in [6.07, 6.45) is 0.840. The molecular weight excluding hydrogens is 198 g/mol. The van der Waals surface area contributed by atoms with E-state index >= 15 is 0 Å². The summed E-state index contributed by atoms with van der Waals surface area (Å²) >= 11 is 0. The van der Waals surface area contributed by atoms with Crippen LogP contribution >= 0.6 is 0 Å². The topological polar surface area (TPSA) is 43.8 Å². The summed E-state index contributed by atoms with van der Waals surface area (Å²) in [7, 11) is 1.98. The average Bonchev–Trinajstić information content (AvgIpc) is 2.56. The van der Waals surface area contributed by atoms with Crippen LogP contribution in [0.2, 0.25) is 0 Å². The molecule has 0 aliphatic heterocycles. The van der Waals surface area contributed by atoms with E-state index in [1.807, 2.05) is 29.9 Å². The van der Waals surface area contributed by atoms with Gasteiger partial charge in [0, 0.05) is 19.0 Å². The van der Waals surface area contributed by atoms with Gasteiger partial charge in [0.05, 0.1) is 11.4 Å². The Morgan fingerprint density at radius 2 is 1.94 bits per heavy atom. The Morgan fingerprint density at radius 1 is 1.25 bits per heavy atom. The fourth-order valence-corrected chi connectivity index (χ4v) is 2.06. The third kappa shape index (κ3) is 1.86. The van der Waals surface area contributed by atoms with E-state index in [0.717, 1.165) is 12.1 Å². The Kier molecular flexibility index (Phi) is 3.06. The van der Waals surface area contributed by atoms with Crippen LogP contribution in [-0.4, -0.2) is 16.3 Å². The Hall–Kier alpha value is -1.61. The Bertz CT molecular complexity index is 471. The number of rotatable bonds is 3. The van der Waals surface area contributed by atoms with E-state index < -0.39 is 0 Å². The smallest absolute Gasteiger partial charge is 0.0710 e. The fraction of sp³-hybridized carbons (Fsp3) is 0.308. The molecule has 0 aliphatic rings. The van der Waals surface area contributed by atoms with Gasteiger partial charge in [-0.25, -0.2) is 0 Å².